The van der Waals surface area contributed by atoms with Gasteiger partial charge in [0, 0.05) is 55.5 Å². The van der Waals surface area contributed by atoms with Crippen LogP contribution < -0.4 is 10.2 Å². The lowest BCUT2D eigenvalue weighted by Crippen LogP contribution is -2.46. The molecule has 1 N–H and O–H groups in total. The number of rotatable bonds is 8. The highest BCUT2D eigenvalue weighted by molar-refractivity contribution is 7.98. The normalized spacial score (nSPS) is 15.2. The summed E-state index contributed by atoms with van der Waals surface area (Å²) in [5.74, 6) is 2.22. The number of hydrogen-bond donors (Lipinski definition) is 1. The summed E-state index contributed by atoms with van der Waals surface area (Å²) in [5.41, 5.74) is 2.89. The van der Waals surface area contributed by atoms with Crippen LogP contribution in [0.1, 0.15) is 63.2 Å². The summed E-state index contributed by atoms with van der Waals surface area (Å²) < 4.78 is 0. The van der Waals surface area contributed by atoms with E-state index in [0.717, 1.165) is 60.7 Å². The molecule has 180 valence electrons. The predicted octanol–water partition coefficient (Wildman–Crippen LogP) is 4.59. The van der Waals surface area contributed by atoms with Gasteiger partial charge in [-0.15, -0.1) is 0 Å². The van der Waals surface area contributed by atoms with Gasteiger partial charge in [0.2, 0.25) is 0 Å². The fraction of sp³-hybridized carbons (Fsp3) is 0.577. The molecule has 2 aromatic rings. The van der Waals surface area contributed by atoms with E-state index >= 15 is 0 Å². The van der Waals surface area contributed by atoms with Gasteiger partial charge in [0.1, 0.15) is 5.82 Å². The third kappa shape index (κ3) is 7.44. The van der Waals surface area contributed by atoms with E-state index in [1.807, 2.05) is 24.3 Å². The van der Waals surface area contributed by atoms with Crippen LogP contribution in [0.15, 0.2) is 35.5 Å². The van der Waals surface area contributed by atoms with Gasteiger partial charge in [-0.05, 0) is 30.2 Å². The Bertz CT molecular complexity index is 915. The average molecular weight is 470 g/mol. The molecule has 33 heavy (non-hydrogen) atoms. The van der Waals surface area contributed by atoms with E-state index in [1.165, 1.54) is 0 Å². The number of amides is 1. The summed E-state index contributed by atoms with van der Waals surface area (Å²) >= 11 is 1.66. The van der Waals surface area contributed by atoms with Gasteiger partial charge in [-0.1, -0.05) is 65.4 Å². The number of anilines is 1. The van der Waals surface area contributed by atoms with Crippen LogP contribution >= 0.6 is 11.8 Å². The number of piperazine rings is 1. The molecule has 1 aliphatic heterocycles. The minimum atomic E-state index is -0.0385. The van der Waals surface area contributed by atoms with Gasteiger partial charge in [0.05, 0.1) is 5.69 Å². The monoisotopic (exact) mass is 469 g/mol. The van der Waals surface area contributed by atoms with Crippen molar-refractivity contribution in [3.8, 4) is 0 Å². The molecule has 1 aromatic carbocycles. The first-order valence-electron chi connectivity index (χ1n) is 12.0. The standard InChI is InChI=1S/C26H39N5OS/c1-7-30-12-14-31(15-13-30)23-16-22(26(4,5)6)28-25(29-23)33-18-20-8-10-21(11-9-20)24(32)27-17-19(2)3/h8-11,16,19H,7,12-15,17-18H2,1-6H3,(H,27,32). The van der Waals surface area contributed by atoms with E-state index in [9.17, 15) is 4.79 Å². The van der Waals surface area contributed by atoms with Crippen molar-refractivity contribution in [2.75, 3.05) is 44.2 Å². The van der Waals surface area contributed by atoms with E-state index in [0.29, 0.717) is 18.0 Å². The highest BCUT2D eigenvalue weighted by Gasteiger charge is 2.22. The summed E-state index contributed by atoms with van der Waals surface area (Å²) in [7, 11) is 0. The summed E-state index contributed by atoms with van der Waals surface area (Å²) in [6, 6.07) is 10.0. The predicted molar refractivity (Wildman–Crippen MR) is 138 cm³/mol. The second-order valence-corrected chi connectivity index (χ2v) is 11.1. The molecular weight excluding hydrogens is 430 g/mol. The molecule has 1 fully saturated rings. The van der Waals surface area contributed by atoms with Crippen molar-refractivity contribution in [3.63, 3.8) is 0 Å². The summed E-state index contributed by atoms with van der Waals surface area (Å²) in [6.07, 6.45) is 0. The molecule has 7 heteroatoms. The molecule has 1 saturated heterocycles. The molecule has 0 saturated carbocycles. The molecule has 1 aliphatic rings. The molecule has 0 spiro atoms. The highest BCUT2D eigenvalue weighted by atomic mass is 32.2. The Labute approximate surface area is 203 Å². The molecule has 3 rings (SSSR count). The topological polar surface area (TPSA) is 61.4 Å². The van der Waals surface area contributed by atoms with Crippen LogP contribution in [0.3, 0.4) is 0 Å². The summed E-state index contributed by atoms with van der Waals surface area (Å²) in [6.45, 7) is 18.9. The molecule has 1 amide bonds. The minimum absolute atomic E-state index is 0.0167. The van der Waals surface area contributed by atoms with Gasteiger partial charge in [0.25, 0.3) is 5.91 Å². The number of thioether (sulfide) groups is 1. The van der Waals surface area contributed by atoms with Gasteiger partial charge >= 0.3 is 0 Å². The van der Waals surface area contributed by atoms with Gasteiger partial charge in [-0.3, -0.25) is 4.79 Å². The first-order chi connectivity index (χ1) is 15.7. The van der Waals surface area contributed by atoms with Crippen LogP contribution in [0.5, 0.6) is 0 Å². The molecule has 0 aliphatic carbocycles. The maximum absolute atomic E-state index is 12.3. The Morgan fingerprint density at radius 3 is 2.33 bits per heavy atom. The van der Waals surface area contributed by atoms with E-state index < -0.39 is 0 Å². The lowest BCUT2D eigenvalue weighted by atomic mass is 9.92. The van der Waals surface area contributed by atoms with Crippen LogP contribution in [0.25, 0.3) is 0 Å². The summed E-state index contributed by atoms with van der Waals surface area (Å²) in [5, 5.41) is 3.78. The van der Waals surface area contributed by atoms with Gasteiger partial charge in [0.15, 0.2) is 5.16 Å². The van der Waals surface area contributed by atoms with E-state index in [-0.39, 0.29) is 11.3 Å². The number of nitrogens with one attached hydrogen (secondary N) is 1. The largest absolute Gasteiger partial charge is 0.354 e. The van der Waals surface area contributed by atoms with Gasteiger partial charge < -0.3 is 15.1 Å². The number of likely N-dealkylation sites (N-methyl/N-ethyl adjacent to an activating group) is 1. The Morgan fingerprint density at radius 2 is 1.76 bits per heavy atom. The zero-order valence-corrected chi connectivity index (χ0v) is 21.8. The maximum atomic E-state index is 12.3. The van der Waals surface area contributed by atoms with Crippen molar-refractivity contribution in [1.82, 2.24) is 20.2 Å². The smallest absolute Gasteiger partial charge is 0.251 e. The lowest BCUT2D eigenvalue weighted by molar-refractivity contribution is 0.0949. The SMILES string of the molecule is CCN1CCN(c2cc(C(C)(C)C)nc(SCc3ccc(C(=O)NCC(C)C)cc3)n2)CC1. The second kappa shape index (κ2) is 11.3. The van der Waals surface area contributed by atoms with Crippen molar-refractivity contribution in [1.29, 1.82) is 0 Å². The Morgan fingerprint density at radius 1 is 1.09 bits per heavy atom. The Kier molecular flexibility index (Phi) is 8.76. The number of benzene rings is 1. The average Bonchev–Trinajstić information content (AvgIpc) is 2.81. The number of nitrogens with zero attached hydrogens (tertiary/aromatic N) is 4. The van der Waals surface area contributed by atoms with Crippen molar-refractivity contribution in [3.05, 3.63) is 47.2 Å². The number of aromatic nitrogens is 2. The van der Waals surface area contributed by atoms with Crippen molar-refractivity contribution in [2.24, 2.45) is 5.92 Å². The van der Waals surface area contributed by atoms with E-state index in [2.05, 4.69) is 62.7 Å². The maximum Gasteiger partial charge on any atom is 0.251 e. The Balaban J connectivity index is 1.69. The van der Waals surface area contributed by atoms with E-state index in [4.69, 9.17) is 9.97 Å². The molecule has 2 heterocycles. The second-order valence-electron chi connectivity index (χ2n) is 10.2. The number of carbonyl (C=O) groups excluding carboxylic acids is 1. The fourth-order valence-electron chi connectivity index (χ4n) is 3.62. The van der Waals surface area contributed by atoms with Gasteiger partial charge in [-0.25, -0.2) is 9.97 Å². The fourth-order valence-corrected chi connectivity index (χ4v) is 4.43. The van der Waals surface area contributed by atoms with Crippen LogP contribution in [-0.2, 0) is 11.2 Å². The number of hydrogen-bond acceptors (Lipinski definition) is 6. The molecule has 0 radical (unpaired) electrons. The third-order valence-corrected chi connectivity index (χ3v) is 6.78. The quantitative estimate of drug-likeness (QED) is 0.451. The first-order valence-corrected chi connectivity index (χ1v) is 13.0. The molecule has 6 nitrogen and oxygen atoms in total. The van der Waals surface area contributed by atoms with Crippen molar-refractivity contribution in [2.45, 2.75) is 57.9 Å². The van der Waals surface area contributed by atoms with E-state index in [1.54, 1.807) is 11.8 Å². The minimum Gasteiger partial charge on any atom is -0.354 e. The molecular formula is C26H39N5OS. The zero-order valence-electron chi connectivity index (χ0n) is 21.0. The van der Waals surface area contributed by atoms with Crippen LogP contribution in [0, 0.1) is 5.92 Å². The lowest BCUT2D eigenvalue weighted by Gasteiger charge is -2.35. The Hall–Kier alpha value is -2.12. The third-order valence-electron chi connectivity index (χ3n) is 5.86. The van der Waals surface area contributed by atoms with Gasteiger partial charge in [-0.2, -0.15) is 0 Å². The van der Waals surface area contributed by atoms with Crippen LogP contribution in [0.2, 0.25) is 0 Å². The molecule has 0 atom stereocenters. The molecule has 0 unspecified atom stereocenters. The molecule has 1 aromatic heterocycles. The van der Waals surface area contributed by atoms with Crippen LogP contribution in [0.4, 0.5) is 5.82 Å². The zero-order chi connectivity index (χ0) is 24.0. The van der Waals surface area contributed by atoms with Crippen molar-refractivity contribution >= 4 is 23.5 Å². The first kappa shape index (κ1) is 25.5. The number of carbonyl (C=O) groups is 1. The summed E-state index contributed by atoms with van der Waals surface area (Å²) in [4.78, 5) is 26.9. The van der Waals surface area contributed by atoms with Crippen molar-refractivity contribution < 1.29 is 4.79 Å². The van der Waals surface area contributed by atoms with Crippen LogP contribution in [-0.4, -0.2) is 60.0 Å². The highest BCUT2D eigenvalue weighted by Crippen LogP contribution is 2.29. The molecule has 0 bridgehead atoms.